The molecular weight excluding hydrogens is 599 g/mol. The topological polar surface area (TPSA) is 25.0 Å². The Kier molecular flexibility index (Phi) is 7.33. The molecule has 260 valence electrons. The smallest absolute Gasteiger partial charge is 0.0511 e. The van der Waals surface area contributed by atoms with Crippen LogP contribution in [0.25, 0.3) is 0 Å². The van der Waals surface area contributed by atoms with Gasteiger partial charge in [0.15, 0.2) is 0 Å². The van der Waals surface area contributed by atoms with E-state index < -0.39 is 0 Å². The van der Waals surface area contributed by atoms with Crippen LogP contribution in [0.1, 0.15) is 103 Å². The molecule has 14 atom stereocenters. The third kappa shape index (κ3) is 4.40. The quantitative estimate of drug-likeness (QED) is 0.333. The van der Waals surface area contributed by atoms with Crippen molar-refractivity contribution >= 4 is 11.4 Å². The Morgan fingerprint density at radius 3 is 1.76 bits per heavy atom. The van der Waals surface area contributed by atoms with Gasteiger partial charge in [-0.15, -0.1) is 0 Å². The summed E-state index contributed by atoms with van der Waals surface area (Å²) in [5.41, 5.74) is 4.63. The van der Waals surface area contributed by atoms with Crippen molar-refractivity contribution < 1.29 is 0 Å². The van der Waals surface area contributed by atoms with Gasteiger partial charge in [0.25, 0.3) is 0 Å². The highest BCUT2D eigenvalue weighted by atomic mass is 15.5. The van der Waals surface area contributed by atoms with Crippen molar-refractivity contribution in [2.24, 2.45) is 11.8 Å². The van der Waals surface area contributed by atoms with Gasteiger partial charge < -0.3 is 15.1 Å². The maximum absolute atomic E-state index is 5.11. The number of piperidine rings is 1. The average molecular weight is 658 g/mol. The zero-order chi connectivity index (χ0) is 32.2. The number of hydrogen-bond acceptors (Lipinski definition) is 5. The highest BCUT2D eigenvalue weighted by Gasteiger charge is 2.67. The van der Waals surface area contributed by atoms with E-state index in [-0.39, 0.29) is 0 Å². The molecule has 4 aliphatic heterocycles. The van der Waals surface area contributed by atoms with Crippen molar-refractivity contribution in [3.63, 3.8) is 0 Å². The number of nitrogens with zero attached hydrogens (tertiary/aromatic N) is 4. The molecule has 0 spiro atoms. The Bertz CT molecular complexity index is 1530. The number of benzene rings is 2. The second-order valence-electron chi connectivity index (χ2n) is 17.9. The Hall–Kier alpha value is -2.34. The Morgan fingerprint density at radius 2 is 1.04 bits per heavy atom. The average Bonchev–Trinajstić information content (AvgIpc) is 3.16. The van der Waals surface area contributed by atoms with Crippen LogP contribution in [-0.4, -0.2) is 82.3 Å². The van der Waals surface area contributed by atoms with Gasteiger partial charge in [-0.3, -0.25) is 9.80 Å². The van der Waals surface area contributed by atoms with Gasteiger partial charge in [-0.1, -0.05) is 87.1 Å². The van der Waals surface area contributed by atoms with Gasteiger partial charge in [-0.05, 0) is 100 Å². The number of anilines is 2. The standard InChI is InChI=1S/C44H59N5/c1-28-31-19-8-10-21-34(31)48-35-22-11-9-20-33(35)45-41-42(48)32(28)27-40-44(41)49-37-24-13-12-23-36(37)46(29-15-4-2-5-16-29)38-25-14-26-39(43(38)49)47(40)30-17-6-3-7-18-30/h2-7,15-18,31-45H,1,8-14,19-27H2. The molecule has 11 rings (SSSR count). The van der Waals surface area contributed by atoms with Crippen LogP contribution in [-0.2, 0) is 0 Å². The number of rotatable bonds is 2. The number of piperazine rings is 3. The Labute approximate surface area is 295 Å². The first-order valence-electron chi connectivity index (χ1n) is 20.9. The highest BCUT2D eigenvalue weighted by molar-refractivity contribution is 5.55. The fourth-order valence-corrected chi connectivity index (χ4v) is 14.6. The monoisotopic (exact) mass is 657 g/mol. The third-order valence-corrected chi connectivity index (χ3v) is 16.1. The highest BCUT2D eigenvalue weighted by Crippen LogP contribution is 2.57. The molecule has 2 aromatic rings. The van der Waals surface area contributed by atoms with Crippen molar-refractivity contribution in [2.45, 2.75) is 175 Å². The zero-order valence-electron chi connectivity index (χ0n) is 29.7. The molecule has 5 aliphatic carbocycles. The summed E-state index contributed by atoms with van der Waals surface area (Å²) in [4.78, 5) is 12.7. The molecule has 5 saturated carbocycles. The van der Waals surface area contributed by atoms with Crippen LogP contribution in [0.4, 0.5) is 11.4 Å². The van der Waals surface area contributed by atoms with E-state index in [1.54, 1.807) is 5.57 Å². The summed E-state index contributed by atoms with van der Waals surface area (Å²) < 4.78 is 0. The second kappa shape index (κ2) is 11.9. The van der Waals surface area contributed by atoms with Gasteiger partial charge in [0.1, 0.15) is 0 Å². The summed E-state index contributed by atoms with van der Waals surface area (Å²) in [6.07, 6.45) is 22.0. The first-order valence-corrected chi connectivity index (χ1v) is 20.9. The molecule has 0 aromatic heterocycles. The van der Waals surface area contributed by atoms with Crippen LogP contribution in [0.15, 0.2) is 72.8 Å². The van der Waals surface area contributed by atoms with Gasteiger partial charge in [0, 0.05) is 77.8 Å². The van der Waals surface area contributed by atoms with E-state index in [0.717, 1.165) is 12.1 Å². The van der Waals surface area contributed by atoms with E-state index in [0.29, 0.717) is 72.3 Å². The summed E-state index contributed by atoms with van der Waals surface area (Å²) in [7, 11) is 0. The van der Waals surface area contributed by atoms with E-state index >= 15 is 0 Å². The molecule has 9 aliphatic rings. The predicted molar refractivity (Wildman–Crippen MR) is 200 cm³/mol. The molecule has 4 saturated heterocycles. The van der Waals surface area contributed by atoms with Crippen molar-refractivity contribution in [1.29, 1.82) is 0 Å². The summed E-state index contributed by atoms with van der Waals surface area (Å²) in [6, 6.07) is 30.8. The number of fused-ring (bicyclic) bond motifs is 9. The molecule has 0 amide bonds. The summed E-state index contributed by atoms with van der Waals surface area (Å²) in [6.45, 7) is 5.11. The minimum absolute atomic E-state index is 0.517. The minimum Gasteiger partial charge on any atom is -0.362 e. The number of para-hydroxylation sites is 2. The fourth-order valence-electron chi connectivity index (χ4n) is 14.6. The molecule has 5 nitrogen and oxygen atoms in total. The van der Waals surface area contributed by atoms with Crippen LogP contribution in [0.2, 0.25) is 0 Å². The maximum atomic E-state index is 5.11. The van der Waals surface area contributed by atoms with Crippen LogP contribution < -0.4 is 15.1 Å². The van der Waals surface area contributed by atoms with E-state index in [1.807, 2.05) is 0 Å². The van der Waals surface area contributed by atoms with Gasteiger partial charge in [-0.2, -0.15) is 0 Å². The van der Waals surface area contributed by atoms with E-state index in [1.165, 1.54) is 114 Å². The van der Waals surface area contributed by atoms with Gasteiger partial charge in [-0.25, -0.2) is 0 Å². The van der Waals surface area contributed by atoms with E-state index in [4.69, 9.17) is 6.58 Å². The molecular formula is C44H59N5. The normalized spacial score (nSPS) is 46.0. The Balaban J connectivity index is 1.10. The first kappa shape index (κ1) is 30.3. The minimum atomic E-state index is 0.517. The van der Waals surface area contributed by atoms with Gasteiger partial charge in [0.2, 0.25) is 0 Å². The zero-order valence-corrected chi connectivity index (χ0v) is 29.7. The van der Waals surface area contributed by atoms with Crippen molar-refractivity contribution in [1.82, 2.24) is 15.1 Å². The first-order chi connectivity index (χ1) is 24.3. The van der Waals surface area contributed by atoms with Crippen molar-refractivity contribution in [2.75, 3.05) is 9.80 Å². The molecule has 1 N–H and O–H groups in total. The lowest BCUT2D eigenvalue weighted by atomic mass is 9.57. The van der Waals surface area contributed by atoms with Crippen LogP contribution in [0.5, 0.6) is 0 Å². The molecule has 0 radical (unpaired) electrons. The van der Waals surface area contributed by atoms with Gasteiger partial charge >= 0.3 is 0 Å². The predicted octanol–water partition coefficient (Wildman–Crippen LogP) is 7.77. The summed E-state index contributed by atoms with van der Waals surface area (Å²) in [5.74, 6) is 1.32. The SMILES string of the molecule is C=C1C2CCCCC2N2C3CCCCC3NC3C2C1CC1C3N2C3CCCCC3N(c3ccccc3)C3CCCC(C32)N1c1ccccc1. The van der Waals surface area contributed by atoms with Crippen LogP contribution in [0.3, 0.4) is 0 Å². The molecule has 14 unspecified atom stereocenters. The molecule has 9 fully saturated rings. The second-order valence-corrected chi connectivity index (χ2v) is 17.9. The summed E-state index contributed by atoms with van der Waals surface area (Å²) in [5, 5.41) is 4.65. The Morgan fingerprint density at radius 1 is 0.469 bits per heavy atom. The molecule has 49 heavy (non-hydrogen) atoms. The summed E-state index contributed by atoms with van der Waals surface area (Å²) >= 11 is 0. The van der Waals surface area contributed by atoms with Crippen molar-refractivity contribution in [3.8, 4) is 0 Å². The van der Waals surface area contributed by atoms with Crippen LogP contribution >= 0.6 is 0 Å². The van der Waals surface area contributed by atoms with E-state index in [2.05, 4.69) is 85.6 Å². The van der Waals surface area contributed by atoms with Crippen molar-refractivity contribution in [3.05, 3.63) is 72.8 Å². The van der Waals surface area contributed by atoms with Crippen LogP contribution in [0, 0.1) is 11.8 Å². The molecule has 4 heterocycles. The van der Waals surface area contributed by atoms with Gasteiger partial charge in [0.05, 0.1) is 6.04 Å². The third-order valence-electron chi connectivity index (χ3n) is 16.1. The lowest BCUT2D eigenvalue weighted by molar-refractivity contribution is -0.150. The lowest BCUT2D eigenvalue weighted by Gasteiger charge is -2.74. The molecule has 0 bridgehead atoms. The van der Waals surface area contributed by atoms with E-state index in [9.17, 15) is 0 Å². The lowest BCUT2D eigenvalue weighted by Crippen LogP contribution is -2.89. The maximum Gasteiger partial charge on any atom is 0.0511 e. The molecule has 2 aromatic carbocycles. The molecule has 5 heteroatoms. The largest absolute Gasteiger partial charge is 0.362 e. The number of hydrogen-bond donors (Lipinski definition) is 1. The number of nitrogens with one attached hydrogen (secondary N) is 1. The fraction of sp³-hybridized carbons (Fsp3) is 0.682.